The first-order chi connectivity index (χ1) is 15.0. The molecule has 2 aromatic carbocycles. The predicted molar refractivity (Wildman–Crippen MR) is 106 cm³/mol. The first kappa shape index (κ1) is 24.1. The number of carbonyl (C=O) groups is 1. The van der Waals surface area contributed by atoms with Crippen LogP contribution in [0.2, 0.25) is 0 Å². The van der Waals surface area contributed by atoms with Crippen molar-refractivity contribution in [3.8, 4) is 11.1 Å². The molecule has 0 radical (unpaired) electrons. The zero-order valence-electron chi connectivity index (χ0n) is 16.6. The molecule has 1 aliphatic rings. The molecule has 3 rings (SSSR count). The number of hydrogen-bond acceptors (Lipinski definition) is 4. The molecule has 32 heavy (non-hydrogen) atoms. The molecule has 1 heterocycles. The largest absolute Gasteiger partial charge is 0.471 e. The van der Waals surface area contributed by atoms with Crippen molar-refractivity contribution < 1.29 is 35.2 Å². The monoisotopic (exact) mass is 477 g/mol. The Morgan fingerprint density at radius 1 is 1.03 bits per heavy atom. The molecule has 0 aliphatic carbocycles. The van der Waals surface area contributed by atoms with E-state index in [9.17, 15) is 35.2 Å². The first-order valence-corrected chi connectivity index (χ1v) is 11.1. The van der Waals surface area contributed by atoms with Gasteiger partial charge in [0.2, 0.25) is 10.0 Å². The molecule has 0 atom stereocenters. The SMILES string of the molecule is O=C(NCN1CCC(NS(=O)(=O)c2ccc(-c3ccc(F)cc3F)cc2)CC1)C(F)(F)F. The summed E-state index contributed by atoms with van der Waals surface area (Å²) in [6.07, 6.45) is -4.26. The van der Waals surface area contributed by atoms with Crippen LogP contribution >= 0.6 is 0 Å². The van der Waals surface area contributed by atoms with E-state index in [2.05, 4.69) is 4.72 Å². The fourth-order valence-electron chi connectivity index (χ4n) is 3.32. The molecular weight excluding hydrogens is 457 g/mol. The zero-order valence-corrected chi connectivity index (χ0v) is 17.4. The number of nitrogens with zero attached hydrogens (tertiary/aromatic N) is 1. The number of hydrogen-bond donors (Lipinski definition) is 2. The third-order valence-electron chi connectivity index (χ3n) is 5.04. The van der Waals surface area contributed by atoms with Crippen LogP contribution in [0.5, 0.6) is 0 Å². The third-order valence-corrected chi connectivity index (χ3v) is 6.57. The Balaban J connectivity index is 1.56. The second-order valence-corrected chi connectivity index (χ2v) is 9.04. The molecule has 6 nitrogen and oxygen atoms in total. The molecule has 0 spiro atoms. The molecule has 0 aromatic heterocycles. The highest BCUT2D eigenvalue weighted by Crippen LogP contribution is 2.25. The van der Waals surface area contributed by atoms with Crippen LogP contribution in [0.15, 0.2) is 47.4 Å². The van der Waals surface area contributed by atoms with Gasteiger partial charge in [-0.1, -0.05) is 12.1 Å². The van der Waals surface area contributed by atoms with Gasteiger partial charge in [0, 0.05) is 30.8 Å². The van der Waals surface area contributed by atoms with E-state index in [0.29, 0.717) is 31.5 Å². The minimum atomic E-state index is -4.95. The van der Waals surface area contributed by atoms with Gasteiger partial charge in [0.25, 0.3) is 0 Å². The van der Waals surface area contributed by atoms with Gasteiger partial charge >= 0.3 is 12.1 Å². The number of sulfonamides is 1. The van der Waals surface area contributed by atoms with Gasteiger partial charge in [0.1, 0.15) is 11.6 Å². The third kappa shape index (κ3) is 6.02. The Bertz CT molecular complexity index is 1070. The molecule has 2 N–H and O–H groups in total. The quantitative estimate of drug-likeness (QED) is 0.628. The van der Waals surface area contributed by atoms with Gasteiger partial charge in [-0.3, -0.25) is 9.69 Å². The van der Waals surface area contributed by atoms with E-state index in [0.717, 1.165) is 12.1 Å². The van der Waals surface area contributed by atoms with Crippen LogP contribution in [0.3, 0.4) is 0 Å². The lowest BCUT2D eigenvalue weighted by Gasteiger charge is -2.32. The smallest absolute Gasteiger partial charge is 0.336 e. The Labute approximate surface area is 181 Å². The van der Waals surface area contributed by atoms with Gasteiger partial charge in [0.05, 0.1) is 11.6 Å². The number of amides is 1. The highest BCUT2D eigenvalue weighted by atomic mass is 32.2. The fourth-order valence-corrected chi connectivity index (χ4v) is 4.62. The Morgan fingerprint density at radius 2 is 1.66 bits per heavy atom. The predicted octanol–water partition coefficient (Wildman–Crippen LogP) is 3.01. The second-order valence-electron chi connectivity index (χ2n) is 7.32. The van der Waals surface area contributed by atoms with Crippen molar-refractivity contribution in [1.82, 2.24) is 14.9 Å². The molecule has 0 bridgehead atoms. The van der Waals surface area contributed by atoms with Crippen LogP contribution in [0, 0.1) is 11.6 Å². The lowest BCUT2D eigenvalue weighted by molar-refractivity contribution is -0.174. The van der Waals surface area contributed by atoms with Crippen LogP contribution in [-0.4, -0.2) is 51.2 Å². The van der Waals surface area contributed by atoms with Crippen LogP contribution in [0.1, 0.15) is 12.8 Å². The summed E-state index contributed by atoms with van der Waals surface area (Å²) in [6.45, 7) is 0.321. The Morgan fingerprint density at radius 3 is 2.22 bits per heavy atom. The van der Waals surface area contributed by atoms with Crippen molar-refractivity contribution in [2.24, 2.45) is 0 Å². The zero-order chi connectivity index (χ0) is 23.5. The summed E-state index contributed by atoms with van der Waals surface area (Å²) in [4.78, 5) is 12.4. The van der Waals surface area contributed by atoms with Crippen molar-refractivity contribution >= 4 is 15.9 Å². The minimum Gasteiger partial charge on any atom is -0.336 e. The molecule has 1 saturated heterocycles. The first-order valence-electron chi connectivity index (χ1n) is 9.61. The van der Waals surface area contributed by atoms with E-state index in [1.165, 1.54) is 30.3 Å². The van der Waals surface area contributed by atoms with Crippen molar-refractivity contribution in [1.29, 1.82) is 0 Å². The van der Waals surface area contributed by atoms with Crippen molar-refractivity contribution in [2.75, 3.05) is 19.8 Å². The normalized spacial score (nSPS) is 16.2. The fraction of sp³-hybridized carbons (Fsp3) is 0.350. The molecule has 1 fully saturated rings. The standard InChI is InChI=1S/C20H20F5N3O3S/c21-14-3-6-17(18(22)11-14)13-1-4-16(5-2-13)32(30,31)27-15-7-9-28(10-8-15)12-26-19(29)20(23,24)25/h1-6,11,15,27H,7-10,12H2,(H,26,29). The van der Waals surface area contributed by atoms with Crippen molar-refractivity contribution in [3.05, 3.63) is 54.1 Å². The topological polar surface area (TPSA) is 78.5 Å². The van der Waals surface area contributed by atoms with Gasteiger partial charge in [-0.15, -0.1) is 0 Å². The van der Waals surface area contributed by atoms with E-state index >= 15 is 0 Å². The summed E-state index contributed by atoms with van der Waals surface area (Å²) in [6, 6.07) is 8.12. The summed E-state index contributed by atoms with van der Waals surface area (Å²) < 4.78 is 91.5. The van der Waals surface area contributed by atoms with Crippen LogP contribution in [0.25, 0.3) is 11.1 Å². The number of likely N-dealkylation sites (tertiary alicyclic amines) is 1. The van der Waals surface area contributed by atoms with E-state index in [-0.39, 0.29) is 17.1 Å². The second kappa shape index (κ2) is 9.51. The van der Waals surface area contributed by atoms with Gasteiger partial charge in [-0.25, -0.2) is 21.9 Å². The Kier molecular flexibility index (Phi) is 7.16. The lowest BCUT2D eigenvalue weighted by Crippen LogP contribution is -2.49. The summed E-state index contributed by atoms with van der Waals surface area (Å²) in [5, 5.41) is 1.78. The number of carbonyl (C=O) groups excluding carboxylic acids is 1. The molecule has 1 amide bonds. The molecule has 174 valence electrons. The number of halogens is 5. The van der Waals surface area contributed by atoms with Crippen LogP contribution in [-0.2, 0) is 14.8 Å². The van der Waals surface area contributed by atoms with E-state index < -0.39 is 39.8 Å². The van der Waals surface area contributed by atoms with Gasteiger partial charge in [-0.05, 0) is 42.7 Å². The highest BCUT2D eigenvalue weighted by Gasteiger charge is 2.38. The molecule has 0 unspecified atom stereocenters. The Hall–Kier alpha value is -2.57. The molecule has 1 aliphatic heterocycles. The number of piperidine rings is 1. The van der Waals surface area contributed by atoms with E-state index in [4.69, 9.17) is 0 Å². The average Bonchev–Trinajstić information content (AvgIpc) is 2.72. The molecule has 12 heteroatoms. The highest BCUT2D eigenvalue weighted by molar-refractivity contribution is 7.89. The summed E-state index contributed by atoms with van der Waals surface area (Å²) in [7, 11) is -3.88. The molecule has 0 saturated carbocycles. The van der Waals surface area contributed by atoms with E-state index in [1.54, 1.807) is 10.2 Å². The van der Waals surface area contributed by atoms with Gasteiger partial charge in [0.15, 0.2) is 0 Å². The molecular formula is C20H20F5N3O3S. The average molecular weight is 477 g/mol. The minimum absolute atomic E-state index is 0.0383. The number of rotatable bonds is 6. The van der Waals surface area contributed by atoms with Crippen LogP contribution in [0.4, 0.5) is 22.0 Å². The van der Waals surface area contributed by atoms with E-state index in [1.807, 2.05) is 0 Å². The summed E-state index contributed by atoms with van der Waals surface area (Å²) in [5.74, 6) is -3.51. The maximum absolute atomic E-state index is 13.9. The van der Waals surface area contributed by atoms with Crippen molar-refractivity contribution in [3.63, 3.8) is 0 Å². The number of alkyl halides is 3. The maximum Gasteiger partial charge on any atom is 0.471 e. The lowest BCUT2D eigenvalue weighted by atomic mass is 10.1. The summed E-state index contributed by atoms with van der Waals surface area (Å²) >= 11 is 0. The van der Waals surface area contributed by atoms with Gasteiger partial charge < -0.3 is 5.32 Å². The number of benzene rings is 2. The molecule has 2 aromatic rings. The van der Waals surface area contributed by atoms with Crippen molar-refractivity contribution in [2.45, 2.75) is 30.0 Å². The number of nitrogens with one attached hydrogen (secondary N) is 2. The summed E-state index contributed by atoms with van der Waals surface area (Å²) in [5.41, 5.74) is 0.518. The maximum atomic E-state index is 13.9. The van der Waals surface area contributed by atoms with Gasteiger partial charge in [-0.2, -0.15) is 13.2 Å². The van der Waals surface area contributed by atoms with Crippen LogP contribution < -0.4 is 10.0 Å².